The summed E-state index contributed by atoms with van der Waals surface area (Å²) in [6.45, 7) is 11.2. The van der Waals surface area contributed by atoms with Gasteiger partial charge in [-0.3, -0.25) is 0 Å². The highest BCUT2D eigenvalue weighted by Gasteiger charge is 1.96. The van der Waals surface area contributed by atoms with Gasteiger partial charge in [0.05, 0.1) is 0 Å². The lowest BCUT2D eigenvalue weighted by atomic mass is 10.5. The van der Waals surface area contributed by atoms with Crippen molar-refractivity contribution in [1.29, 1.82) is 0 Å². The molecule has 0 saturated heterocycles. The second kappa shape index (κ2) is 4.94. The summed E-state index contributed by atoms with van der Waals surface area (Å²) in [5, 5.41) is 0. The van der Waals surface area contributed by atoms with Crippen LogP contribution in [0, 0.1) is 13.8 Å². The standard InChI is InChI=1S/C7H12N2.C2H6/c1-4-9-6(2)5-8-7(9)3;1-2/h5H,4H2,1-3H3;1-2H3. The molecule has 0 radical (unpaired) electrons. The molecule has 0 saturated carbocycles. The topological polar surface area (TPSA) is 17.8 Å². The van der Waals surface area contributed by atoms with Gasteiger partial charge in [0.2, 0.25) is 0 Å². The Morgan fingerprint density at radius 1 is 1.36 bits per heavy atom. The molecule has 0 N–H and O–H groups in total. The molecule has 0 bridgehead atoms. The molecule has 0 aliphatic rings. The van der Waals surface area contributed by atoms with E-state index < -0.39 is 0 Å². The van der Waals surface area contributed by atoms with Crippen LogP contribution in [-0.4, -0.2) is 9.55 Å². The van der Waals surface area contributed by atoms with Crippen LogP contribution in [-0.2, 0) is 6.54 Å². The van der Waals surface area contributed by atoms with Gasteiger partial charge in [-0.1, -0.05) is 13.8 Å². The van der Waals surface area contributed by atoms with E-state index in [1.165, 1.54) is 5.69 Å². The lowest BCUT2D eigenvalue weighted by Gasteiger charge is -2.00. The lowest BCUT2D eigenvalue weighted by Crippen LogP contribution is -1.98. The number of rotatable bonds is 1. The van der Waals surface area contributed by atoms with Gasteiger partial charge in [0.25, 0.3) is 0 Å². The van der Waals surface area contributed by atoms with Crippen molar-refractivity contribution in [3.63, 3.8) is 0 Å². The fraction of sp³-hybridized carbons (Fsp3) is 0.667. The minimum Gasteiger partial charge on any atom is -0.333 e. The highest BCUT2D eigenvalue weighted by Crippen LogP contribution is 2.00. The van der Waals surface area contributed by atoms with Crippen LogP contribution in [0.15, 0.2) is 6.20 Å². The third-order valence-electron chi connectivity index (χ3n) is 1.57. The van der Waals surface area contributed by atoms with Crippen LogP contribution in [0.4, 0.5) is 0 Å². The van der Waals surface area contributed by atoms with Crippen molar-refractivity contribution in [3.05, 3.63) is 17.7 Å². The zero-order valence-electron chi connectivity index (χ0n) is 8.18. The lowest BCUT2D eigenvalue weighted by molar-refractivity contribution is 0.709. The van der Waals surface area contributed by atoms with Gasteiger partial charge in [0.15, 0.2) is 0 Å². The van der Waals surface area contributed by atoms with Crippen molar-refractivity contribution in [3.8, 4) is 0 Å². The van der Waals surface area contributed by atoms with Crippen LogP contribution in [0.3, 0.4) is 0 Å². The molecule has 0 fully saturated rings. The zero-order chi connectivity index (χ0) is 8.85. The van der Waals surface area contributed by atoms with E-state index in [4.69, 9.17) is 0 Å². The maximum absolute atomic E-state index is 4.15. The summed E-state index contributed by atoms with van der Waals surface area (Å²) in [6, 6.07) is 0. The van der Waals surface area contributed by atoms with E-state index >= 15 is 0 Å². The number of nitrogens with zero attached hydrogens (tertiary/aromatic N) is 2. The van der Waals surface area contributed by atoms with Crippen LogP contribution in [0.25, 0.3) is 0 Å². The van der Waals surface area contributed by atoms with E-state index in [0.717, 1.165) is 12.4 Å². The van der Waals surface area contributed by atoms with E-state index in [0.29, 0.717) is 0 Å². The molecule has 64 valence electrons. The molecule has 0 atom stereocenters. The second-order valence-electron chi connectivity index (χ2n) is 2.19. The van der Waals surface area contributed by atoms with Crippen molar-refractivity contribution in [2.24, 2.45) is 0 Å². The van der Waals surface area contributed by atoms with Crippen LogP contribution < -0.4 is 0 Å². The normalized spacial score (nSPS) is 8.82. The van der Waals surface area contributed by atoms with Gasteiger partial charge in [-0.25, -0.2) is 4.98 Å². The fourth-order valence-electron chi connectivity index (χ4n) is 1.06. The van der Waals surface area contributed by atoms with Crippen molar-refractivity contribution < 1.29 is 0 Å². The zero-order valence-corrected chi connectivity index (χ0v) is 8.18. The van der Waals surface area contributed by atoms with Crippen molar-refractivity contribution in [2.45, 2.75) is 41.2 Å². The summed E-state index contributed by atoms with van der Waals surface area (Å²) in [7, 11) is 0. The summed E-state index contributed by atoms with van der Waals surface area (Å²) < 4.78 is 2.18. The quantitative estimate of drug-likeness (QED) is 0.608. The van der Waals surface area contributed by atoms with Crippen LogP contribution >= 0.6 is 0 Å². The SMILES string of the molecule is CC.CCn1c(C)cnc1C. The summed E-state index contributed by atoms with van der Waals surface area (Å²) in [5.41, 5.74) is 1.25. The molecule has 2 heteroatoms. The van der Waals surface area contributed by atoms with Crippen molar-refractivity contribution >= 4 is 0 Å². The predicted octanol–water partition coefficient (Wildman–Crippen LogP) is 2.55. The summed E-state index contributed by atoms with van der Waals surface area (Å²) in [5.74, 6) is 1.11. The Bertz CT molecular complexity index is 182. The Hall–Kier alpha value is -0.790. The molecule has 0 amide bonds. The molecule has 1 aromatic heterocycles. The highest BCUT2D eigenvalue weighted by atomic mass is 15.1. The maximum Gasteiger partial charge on any atom is 0.105 e. The Morgan fingerprint density at radius 2 is 1.91 bits per heavy atom. The van der Waals surface area contributed by atoms with Gasteiger partial charge in [-0.05, 0) is 20.8 Å². The molecule has 0 aromatic carbocycles. The first-order valence-corrected chi connectivity index (χ1v) is 4.24. The van der Waals surface area contributed by atoms with E-state index in [-0.39, 0.29) is 0 Å². The molecule has 11 heavy (non-hydrogen) atoms. The smallest absolute Gasteiger partial charge is 0.105 e. The minimum atomic E-state index is 1.03. The van der Waals surface area contributed by atoms with Crippen LogP contribution in [0.5, 0.6) is 0 Å². The van der Waals surface area contributed by atoms with Gasteiger partial charge in [-0.15, -0.1) is 0 Å². The van der Waals surface area contributed by atoms with Gasteiger partial charge in [0, 0.05) is 18.4 Å². The van der Waals surface area contributed by atoms with E-state index in [2.05, 4.69) is 23.4 Å². The third kappa shape index (κ3) is 2.37. The molecule has 1 heterocycles. The predicted molar refractivity (Wildman–Crippen MR) is 48.7 cm³/mol. The van der Waals surface area contributed by atoms with Gasteiger partial charge in [0.1, 0.15) is 5.82 Å². The average molecular weight is 154 g/mol. The number of hydrogen-bond acceptors (Lipinski definition) is 1. The summed E-state index contributed by atoms with van der Waals surface area (Å²) in [4.78, 5) is 4.15. The van der Waals surface area contributed by atoms with Crippen molar-refractivity contribution in [2.75, 3.05) is 0 Å². The monoisotopic (exact) mass is 154 g/mol. The molecule has 2 nitrogen and oxygen atoms in total. The molecule has 1 aromatic rings. The first-order valence-electron chi connectivity index (χ1n) is 4.24. The molecule has 1 rings (SSSR count). The number of hydrogen-bond donors (Lipinski definition) is 0. The highest BCUT2D eigenvalue weighted by molar-refractivity contribution is 5.00. The summed E-state index contributed by atoms with van der Waals surface area (Å²) >= 11 is 0. The Morgan fingerprint density at radius 3 is 2.09 bits per heavy atom. The molecule has 0 aliphatic carbocycles. The minimum absolute atomic E-state index is 1.03. The average Bonchev–Trinajstić information content (AvgIpc) is 2.35. The largest absolute Gasteiger partial charge is 0.333 e. The van der Waals surface area contributed by atoms with Gasteiger partial charge < -0.3 is 4.57 Å². The van der Waals surface area contributed by atoms with E-state index in [9.17, 15) is 0 Å². The molecule has 0 spiro atoms. The van der Waals surface area contributed by atoms with E-state index in [1.807, 2.05) is 27.0 Å². The molecular weight excluding hydrogens is 136 g/mol. The number of imidazole rings is 1. The maximum atomic E-state index is 4.15. The molecule has 0 unspecified atom stereocenters. The first-order chi connectivity index (χ1) is 5.25. The summed E-state index contributed by atoms with van der Waals surface area (Å²) in [6.07, 6.45) is 1.90. The van der Waals surface area contributed by atoms with Crippen molar-refractivity contribution in [1.82, 2.24) is 9.55 Å². The van der Waals surface area contributed by atoms with Crippen LogP contribution in [0.2, 0.25) is 0 Å². The fourth-order valence-corrected chi connectivity index (χ4v) is 1.06. The van der Waals surface area contributed by atoms with E-state index in [1.54, 1.807) is 0 Å². The van der Waals surface area contributed by atoms with Gasteiger partial charge in [-0.2, -0.15) is 0 Å². The van der Waals surface area contributed by atoms with Crippen LogP contribution in [0.1, 0.15) is 32.3 Å². The Kier molecular flexibility index (Phi) is 4.59. The Balaban J connectivity index is 0.000000461. The number of aryl methyl sites for hydroxylation is 2. The Labute approximate surface area is 69.3 Å². The molecule has 0 aliphatic heterocycles. The number of aromatic nitrogens is 2. The molecular formula is C9H18N2. The third-order valence-corrected chi connectivity index (χ3v) is 1.57. The first kappa shape index (κ1) is 10.2. The second-order valence-corrected chi connectivity index (χ2v) is 2.19. The van der Waals surface area contributed by atoms with Gasteiger partial charge >= 0.3 is 0 Å².